The Morgan fingerprint density at radius 3 is 2.21 bits per heavy atom. The first-order chi connectivity index (χ1) is 13.1. The third kappa shape index (κ3) is 3.80. The molecule has 0 saturated carbocycles. The number of benzene rings is 2. The summed E-state index contributed by atoms with van der Waals surface area (Å²) in [5, 5.41) is 0.650. The second-order valence-corrected chi connectivity index (χ2v) is 8.00. The van der Waals surface area contributed by atoms with Gasteiger partial charge in [0.2, 0.25) is 0 Å². The van der Waals surface area contributed by atoms with E-state index in [0.29, 0.717) is 15.4 Å². The largest absolute Gasteiger partial charge is 0.464 e. The summed E-state index contributed by atoms with van der Waals surface area (Å²) in [6.07, 6.45) is -0.695. The van der Waals surface area contributed by atoms with Gasteiger partial charge in [-0.25, -0.2) is 18.5 Å². The Morgan fingerprint density at radius 2 is 1.64 bits per heavy atom. The molecular weight excluding hydrogens is 429 g/mol. The number of esters is 1. The predicted molar refractivity (Wildman–Crippen MR) is 108 cm³/mol. The van der Waals surface area contributed by atoms with Crippen LogP contribution in [0.2, 0.25) is 0 Å². The van der Waals surface area contributed by atoms with Gasteiger partial charge in [0.1, 0.15) is 11.4 Å². The Bertz CT molecular complexity index is 1060. The number of carbonyl (C=O) groups is 2. The molecule has 0 spiro atoms. The van der Waals surface area contributed by atoms with Crippen LogP contribution in [0.1, 0.15) is 31.3 Å². The summed E-state index contributed by atoms with van der Waals surface area (Å²) >= 11 is 3.40. The highest BCUT2D eigenvalue weighted by Crippen LogP contribution is 2.35. The Hall–Kier alpha value is -2.67. The molecule has 3 rings (SSSR count). The van der Waals surface area contributed by atoms with E-state index in [1.54, 1.807) is 45.0 Å². The summed E-state index contributed by atoms with van der Waals surface area (Å²) < 4.78 is 25.2. The number of aromatic nitrogens is 1. The van der Waals surface area contributed by atoms with E-state index in [1.807, 2.05) is 6.07 Å². The lowest BCUT2D eigenvalue weighted by Crippen LogP contribution is -2.29. The molecule has 0 atom stereocenters. The zero-order valence-electron chi connectivity index (χ0n) is 15.9. The summed E-state index contributed by atoms with van der Waals surface area (Å²) in [7, 11) is 1.25. The average Bonchev–Trinajstić information content (AvgIpc) is 2.92. The summed E-state index contributed by atoms with van der Waals surface area (Å²) in [6, 6.07) is 11.4. The van der Waals surface area contributed by atoms with Gasteiger partial charge in [-0.3, -0.25) is 0 Å². The molecule has 2 aromatic carbocycles. The van der Waals surface area contributed by atoms with E-state index < -0.39 is 17.7 Å². The maximum atomic E-state index is 13.2. The van der Waals surface area contributed by atoms with Gasteiger partial charge >= 0.3 is 12.1 Å². The molecule has 1 aromatic heterocycles. The van der Waals surface area contributed by atoms with Crippen LogP contribution in [0.5, 0.6) is 0 Å². The Morgan fingerprint density at radius 1 is 1.04 bits per heavy atom. The number of nitrogens with zero attached hydrogens (tertiary/aromatic N) is 1. The van der Waals surface area contributed by atoms with Gasteiger partial charge in [-0.1, -0.05) is 24.3 Å². The molecular formula is C21H19BrFNO4. The van der Waals surface area contributed by atoms with Gasteiger partial charge < -0.3 is 9.47 Å². The van der Waals surface area contributed by atoms with Crippen molar-refractivity contribution in [1.82, 2.24) is 4.57 Å². The van der Waals surface area contributed by atoms with Crippen LogP contribution in [0.3, 0.4) is 0 Å². The zero-order chi connectivity index (χ0) is 20.6. The van der Waals surface area contributed by atoms with Crippen LogP contribution in [-0.2, 0) is 9.47 Å². The second kappa shape index (κ2) is 7.39. The van der Waals surface area contributed by atoms with E-state index in [1.165, 1.54) is 23.8 Å². The Balaban J connectivity index is 2.26. The standard InChI is InChI=1S/C21H19BrFNO4/c1-21(2,3)28-20(26)24-16-11-13(12-5-8-14(23)9-6-12)7-10-15(16)17(22)18(24)19(25)27-4/h5-11H,1-4H3. The third-order valence-corrected chi connectivity index (χ3v) is 4.84. The van der Waals surface area contributed by atoms with E-state index in [0.717, 1.165) is 11.1 Å². The fraction of sp³-hybridized carbons (Fsp3) is 0.238. The topological polar surface area (TPSA) is 57.5 Å². The molecule has 5 nitrogen and oxygen atoms in total. The minimum Gasteiger partial charge on any atom is -0.464 e. The normalized spacial score (nSPS) is 11.5. The van der Waals surface area contributed by atoms with E-state index in [-0.39, 0.29) is 11.5 Å². The van der Waals surface area contributed by atoms with Gasteiger partial charge in [0.05, 0.1) is 17.1 Å². The number of hydrogen-bond donors (Lipinski definition) is 0. The number of methoxy groups -OCH3 is 1. The molecule has 1 heterocycles. The fourth-order valence-electron chi connectivity index (χ4n) is 2.85. The first-order valence-electron chi connectivity index (χ1n) is 8.54. The highest BCUT2D eigenvalue weighted by atomic mass is 79.9. The SMILES string of the molecule is COC(=O)c1c(Br)c2ccc(-c3ccc(F)cc3)cc2n1C(=O)OC(C)(C)C. The molecule has 0 aliphatic heterocycles. The number of rotatable bonds is 2. The molecule has 0 radical (unpaired) electrons. The van der Waals surface area contributed by atoms with Crippen molar-refractivity contribution in [2.75, 3.05) is 7.11 Å². The van der Waals surface area contributed by atoms with Crippen molar-refractivity contribution in [2.24, 2.45) is 0 Å². The summed E-state index contributed by atoms with van der Waals surface area (Å²) in [5.74, 6) is -1.00. The molecule has 0 unspecified atom stereocenters. The smallest absolute Gasteiger partial charge is 0.419 e. The molecule has 0 aliphatic carbocycles. The van der Waals surface area contributed by atoms with Crippen molar-refractivity contribution in [2.45, 2.75) is 26.4 Å². The fourth-order valence-corrected chi connectivity index (χ4v) is 3.52. The van der Waals surface area contributed by atoms with Crippen LogP contribution in [-0.4, -0.2) is 29.3 Å². The second-order valence-electron chi connectivity index (χ2n) is 7.21. The van der Waals surface area contributed by atoms with Crippen LogP contribution in [0.4, 0.5) is 9.18 Å². The van der Waals surface area contributed by atoms with Gasteiger partial charge in [0.25, 0.3) is 0 Å². The van der Waals surface area contributed by atoms with Gasteiger partial charge in [0.15, 0.2) is 5.69 Å². The van der Waals surface area contributed by atoms with Crippen molar-refractivity contribution in [3.05, 3.63) is 58.4 Å². The molecule has 0 N–H and O–H groups in total. The molecule has 0 aliphatic rings. The van der Waals surface area contributed by atoms with Gasteiger partial charge in [-0.05, 0) is 66.0 Å². The molecule has 0 fully saturated rings. The third-order valence-electron chi connectivity index (χ3n) is 4.04. The molecule has 0 amide bonds. The highest BCUT2D eigenvalue weighted by Gasteiger charge is 2.29. The number of halogens is 2. The maximum absolute atomic E-state index is 13.2. The lowest BCUT2D eigenvalue weighted by atomic mass is 10.0. The van der Waals surface area contributed by atoms with Crippen LogP contribution in [0.25, 0.3) is 22.0 Å². The molecule has 3 aromatic rings. The van der Waals surface area contributed by atoms with E-state index >= 15 is 0 Å². The molecule has 146 valence electrons. The van der Waals surface area contributed by atoms with Crippen LogP contribution in [0, 0.1) is 5.82 Å². The monoisotopic (exact) mass is 447 g/mol. The number of fused-ring (bicyclic) bond motifs is 1. The summed E-state index contributed by atoms with van der Waals surface area (Å²) in [6.45, 7) is 5.23. The Kier molecular flexibility index (Phi) is 5.30. The maximum Gasteiger partial charge on any atom is 0.419 e. The van der Waals surface area contributed by atoms with Gasteiger partial charge in [-0.2, -0.15) is 0 Å². The quantitative estimate of drug-likeness (QED) is 0.467. The average molecular weight is 448 g/mol. The van der Waals surface area contributed by atoms with Crippen molar-refractivity contribution in [1.29, 1.82) is 0 Å². The lowest BCUT2D eigenvalue weighted by molar-refractivity contribution is 0.0489. The van der Waals surface area contributed by atoms with E-state index in [2.05, 4.69) is 15.9 Å². The minimum atomic E-state index is -0.748. The van der Waals surface area contributed by atoms with Crippen molar-refractivity contribution in [3.8, 4) is 11.1 Å². The van der Waals surface area contributed by atoms with Gasteiger partial charge in [-0.15, -0.1) is 0 Å². The van der Waals surface area contributed by atoms with Crippen molar-refractivity contribution < 1.29 is 23.5 Å². The highest BCUT2D eigenvalue weighted by molar-refractivity contribution is 9.10. The van der Waals surface area contributed by atoms with E-state index in [4.69, 9.17) is 9.47 Å². The van der Waals surface area contributed by atoms with Crippen LogP contribution >= 0.6 is 15.9 Å². The first kappa shape index (κ1) is 20.1. The molecule has 7 heteroatoms. The molecule has 0 saturated heterocycles. The summed E-state index contributed by atoms with van der Waals surface area (Å²) in [5.41, 5.74) is 1.31. The Labute approximate surface area is 170 Å². The minimum absolute atomic E-state index is 0.0445. The van der Waals surface area contributed by atoms with Crippen LogP contribution < -0.4 is 0 Å². The predicted octanol–water partition coefficient (Wildman–Crippen LogP) is 5.78. The molecule has 0 bridgehead atoms. The van der Waals surface area contributed by atoms with Crippen molar-refractivity contribution in [3.63, 3.8) is 0 Å². The van der Waals surface area contributed by atoms with E-state index in [9.17, 15) is 14.0 Å². The number of hydrogen-bond acceptors (Lipinski definition) is 4. The zero-order valence-corrected chi connectivity index (χ0v) is 17.5. The first-order valence-corrected chi connectivity index (χ1v) is 9.33. The van der Waals surface area contributed by atoms with Crippen molar-refractivity contribution >= 4 is 38.9 Å². The summed E-state index contributed by atoms with van der Waals surface area (Å²) in [4.78, 5) is 25.2. The number of carbonyl (C=O) groups excluding carboxylic acids is 2. The van der Waals surface area contributed by atoms with Gasteiger partial charge in [0, 0.05) is 5.39 Å². The van der Waals surface area contributed by atoms with Crippen LogP contribution in [0.15, 0.2) is 46.9 Å². The number of ether oxygens (including phenoxy) is 2. The molecule has 28 heavy (non-hydrogen) atoms. The lowest BCUT2D eigenvalue weighted by Gasteiger charge is -2.20.